The average molecular weight is 606 g/mol. The normalized spacial score (nSPS) is 16.6. The van der Waals surface area contributed by atoms with E-state index in [0.717, 1.165) is 36.0 Å². The number of alkyl halides is 1. The molecule has 3 aromatic heterocycles. The van der Waals surface area contributed by atoms with Crippen molar-refractivity contribution in [2.75, 3.05) is 26.4 Å². The number of rotatable bonds is 10. The van der Waals surface area contributed by atoms with Crippen LogP contribution in [0.25, 0.3) is 33.5 Å². The molecule has 2 N–H and O–H groups in total. The number of ether oxygens (including phenoxy) is 1. The molecule has 1 saturated carbocycles. The zero-order valence-electron chi connectivity index (χ0n) is 24.6. The first-order valence-electron chi connectivity index (χ1n) is 15.0. The van der Waals surface area contributed by atoms with Gasteiger partial charge in [0.2, 0.25) is 5.95 Å². The second-order valence-corrected chi connectivity index (χ2v) is 12.1. The highest BCUT2D eigenvalue weighted by Gasteiger charge is 2.32. The van der Waals surface area contributed by atoms with E-state index in [2.05, 4.69) is 9.55 Å². The van der Waals surface area contributed by atoms with Crippen LogP contribution in [-0.4, -0.2) is 66.9 Å². The smallest absolute Gasteiger partial charge is 0.254 e. The van der Waals surface area contributed by atoms with Gasteiger partial charge in [0, 0.05) is 43.2 Å². The third-order valence-electron chi connectivity index (χ3n) is 8.81. The summed E-state index contributed by atoms with van der Waals surface area (Å²) in [6.45, 7) is 2.61. The van der Waals surface area contributed by atoms with Crippen molar-refractivity contribution in [1.29, 1.82) is 0 Å². The quantitative estimate of drug-likeness (QED) is 0.241. The molecule has 0 bridgehead atoms. The third-order valence-corrected chi connectivity index (χ3v) is 8.81. The maximum atomic E-state index is 16.1. The molecule has 2 aliphatic rings. The van der Waals surface area contributed by atoms with E-state index in [4.69, 9.17) is 15.5 Å². The predicted molar refractivity (Wildman–Crippen MR) is 160 cm³/mol. The summed E-state index contributed by atoms with van der Waals surface area (Å²) in [5.41, 5.74) is 8.82. The second kappa shape index (κ2) is 11.0. The van der Waals surface area contributed by atoms with E-state index in [1.807, 2.05) is 31.2 Å². The first kappa shape index (κ1) is 28.5. The molecule has 1 amide bonds. The van der Waals surface area contributed by atoms with Crippen LogP contribution in [0.5, 0.6) is 5.75 Å². The Kier molecular flexibility index (Phi) is 7.11. The van der Waals surface area contributed by atoms with Gasteiger partial charge in [-0.05, 0) is 50.3 Å². The summed E-state index contributed by atoms with van der Waals surface area (Å²) < 4.78 is 54.6. The summed E-state index contributed by atoms with van der Waals surface area (Å²) in [4.78, 5) is 23.3. The van der Waals surface area contributed by atoms with Gasteiger partial charge in [0.15, 0.2) is 11.6 Å². The molecule has 5 aromatic rings. The summed E-state index contributed by atoms with van der Waals surface area (Å²) in [5, 5.41) is 0.960. The molecule has 0 unspecified atom stereocenters. The Bertz CT molecular complexity index is 1890. The van der Waals surface area contributed by atoms with Crippen LogP contribution in [-0.2, 0) is 20.0 Å². The van der Waals surface area contributed by atoms with Gasteiger partial charge in [-0.2, -0.15) is 4.39 Å². The molecule has 1 aliphatic carbocycles. The topological polar surface area (TPSA) is 96.1 Å². The lowest BCUT2D eigenvalue weighted by atomic mass is 9.97. The van der Waals surface area contributed by atoms with Crippen LogP contribution < -0.4 is 10.5 Å². The number of aryl methyl sites for hydroxylation is 1. The highest BCUT2D eigenvalue weighted by atomic mass is 19.1. The summed E-state index contributed by atoms with van der Waals surface area (Å²) in [5.74, 6) is 0.433. The van der Waals surface area contributed by atoms with Crippen LogP contribution in [0.15, 0.2) is 42.9 Å². The van der Waals surface area contributed by atoms with Crippen molar-refractivity contribution in [3.05, 3.63) is 65.7 Å². The van der Waals surface area contributed by atoms with Crippen molar-refractivity contribution in [1.82, 2.24) is 28.6 Å². The van der Waals surface area contributed by atoms with Crippen molar-refractivity contribution in [3.8, 4) is 17.3 Å². The number of halogens is 3. The van der Waals surface area contributed by atoms with Crippen LogP contribution in [0, 0.1) is 17.7 Å². The first-order valence-corrected chi connectivity index (χ1v) is 15.0. The van der Waals surface area contributed by atoms with Crippen molar-refractivity contribution in [2.45, 2.75) is 44.8 Å². The maximum Gasteiger partial charge on any atom is 0.254 e. The standard InChI is InChI=1S/C32H34F3N7O2/c1-18(41-15-27(34)37-17-41)16-44-26-5-3-4-20-10-25(42(29(20)26)13-19-6-7-19)31-38-24-11-23-22(28(35)30(24)39(31)2)8-9-40(32(23)43)14-21(36)12-33/h3-5,10-11,15,17-19,21H,6-9,12-14,16,36H2,1-2H3/t18-,21-/m1/s1. The molecule has 4 heterocycles. The zero-order valence-corrected chi connectivity index (χ0v) is 24.6. The molecule has 9 nitrogen and oxygen atoms in total. The molecule has 0 spiro atoms. The second-order valence-electron chi connectivity index (χ2n) is 12.1. The Morgan fingerprint density at radius 3 is 2.73 bits per heavy atom. The van der Waals surface area contributed by atoms with Crippen LogP contribution >= 0.6 is 0 Å². The van der Waals surface area contributed by atoms with E-state index < -0.39 is 24.5 Å². The van der Waals surface area contributed by atoms with Gasteiger partial charge in [-0.15, -0.1) is 0 Å². The summed E-state index contributed by atoms with van der Waals surface area (Å²) in [7, 11) is 1.79. The Balaban J connectivity index is 1.29. The average Bonchev–Trinajstić information content (AvgIpc) is 3.45. The number of nitrogens with two attached hydrogens (primary N) is 1. The number of hydrogen-bond donors (Lipinski definition) is 1. The minimum absolute atomic E-state index is 0.0750. The molecule has 0 saturated heterocycles. The van der Waals surface area contributed by atoms with Gasteiger partial charge in [0.05, 0.1) is 41.3 Å². The largest absolute Gasteiger partial charge is 0.489 e. The number of fused-ring (bicyclic) bond motifs is 3. The SMILES string of the molecule is C[C@H](COc1cccc2cc(-c3nc4cc5c(c(F)c4n3C)CCN(C[C@H](N)CF)C5=O)n(CC3CC3)c12)n1cnc(F)c1. The van der Waals surface area contributed by atoms with Crippen molar-refractivity contribution >= 4 is 27.8 Å². The van der Waals surface area contributed by atoms with Gasteiger partial charge in [0.1, 0.15) is 24.5 Å². The predicted octanol–water partition coefficient (Wildman–Crippen LogP) is 5.01. The van der Waals surface area contributed by atoms with Crippen molar-refractivity contribution < 1.29 is 22.7 Å². The molecule has 12 heteroatoms. The summed E-state index contributed by atoms with van der Waals surface area (Å²) >= 11 is 0. The molecule has 1 fully saturated rings. The highest BCUT2D eigenvalue weighted by molar-refractivity contribution is 6.01. The minimum Gasteiger partial charge on any atom is -0.489 e. The van der Waals surface area contributed by atoms with Crippen LogP contribution in [0.2, 0.25) is 0 Å². The van der Waals surface area contributed by atoms with Crippen LogP contribution in [0.4, 0.5) is 13.2 Å². The number of aromatic nitrogens is 5. The molecule has 2 atom stereocenters. The molecule has 0 radical (unpaired) electrons. The zero-order chi connectivity index (χ0) is 30.7. The van der Waals surface area contributed by atoms with Crippen LogP contribution in [0.1, 0.15) is 41.7 Å². The summed E-state index contributed by atoms with van der Waals surface area (Å²) in [6.07, 6.45) is 5.36. The number of hydrogen-bond acceptors (Lipinski definition) is 5. The number of carbonyl (C=O) groups excluding carboxylic acids is 1. The van der Waals surface area contributed by atoms with Crippen molar-refractivity contribution in [2.24, 2.45) is 18.7 Å². The van der Waals surface area contributed by atoms with Gasteiger partial charge in [-0.1, -0.05) is 12.1 Å². The van der Waals surface area contributed by atoms with E-state index in [1.165, 1.54) is 17.4 Å². The maximum absolute atomic E-state index is 16.1. The fraction of sp³-hybridized carbons (Fsp3) is 0.406. The molecular formula is C32H34F3N7O2. The van der Waals surface area contributed by atoms with Gasteiger partial charge in [-0.3, -0.25) is 4.79 Å². The fourth-order valence-electron chi connectivity index (χ4n) is 6.24. The molecule has 1 aliphatic heterocycles. The minimum atomic E-state index is -0.783. The number of benzene rings is 2. The van der Waals surface area contributed by atoms with E-state index in [0.29, 0.717) is 47.1 Å². The molecule has 7 rings (SSSR count). The van der Waals surface area contributed by atoms with Gasteiger partial charge in [-0.25, -0.2) is 18.7 Å². The number of carbonyl (C=O) groups is 1. The third kappa shape index (κ3) is 4.90. The van der Waals surface area contributed by atoms with E-state index >= 15 is 4.39 Å². The Morgan fingerprint density at radius 2 is 2.00 bits per heavy atom. The van der Waals surface area contributed by atoms with Crippen LogP contribution in [0.3, 0.4) is 0 Å². The number of nitrogens with zero attached hydrogens (tertiary/aromatic N) is 6. The number of para-hydroxylation sites is 1. The lowest BCUT2D eigenvalue weighted by molar-refractivity contribution is 0.0723. The number of imidazole rings is 2. The Hall–Kier alpha value is -4.32. The van der Waals surface area contributed by atoms with Gasteiger partial charge in [0.25, 0.3) is 5.91 Å². The molecule has 2 aromatic carbocycles. The first-order chi connectivity index (χ1) is 21.2. The Labute approximate surface area is 252 Å². The Morgan fingerprint density at radius 1 is 1.18 bits per heavy atom. The lowest BCUT2D eigenvalue weighted by Crippen LogP contribution is -2.45. The van der Waals surface area contributed by atoms with Gasteiger partial charge < -0.3 is 29.1 Å². The molecular weight excluding hydrogens is 571 g/mol. The summed E-state index contributed by atoms with van der Waals surface area (Å²) in [6, 6.07) is 8.63. The molecule has 44 heavy (non-hydrogen) atoms. The monoisotopic (exact) mass is 605 g/mol. The molecule has 230 valence electrons. The lowest BCUT2D eigenvalue weighted by Gasteiger charge is -2.30. The van der Waals surface area contributed by atoms with E-state index in [1.54, 1.807) is 22.2 Å². The van der Waals surface area contributed by atoms with Crippen molar-refractivity contribution in [3.63, 3.8) is 0 Å². The fourth-order valence-corrected chi connectivity index (χ4v) is 6.24. The van der Waals surface area contributed by atoms with Gasteiger partial charge >= 0.3 is 0 Å². The highest BCUT2D eigenvalue weighted by Crippen LogP contribution is 2.40. The van der Waals surface area contributed by atoms with E-state index in [-0.39, 0.29) is 30.6 Å². The van der Waals surface area contributed by atoms with E-state index in [9.17, 15) is 13.6 Å². The number of amides is 1.